The largest absolute Gasteiger partial charge is 0.347 e. The van der Waals surface area contributed by atoms with E-state index in [0.29, 0.717) is 0 Å². The minimum Gasteiger partial charge on any atom is -0.347 e. The summed E-state index contributed by atoms with van der Waals surface area (Å²) in [7, 11) is -0.137. The number of allylic oxidation sites excluding steroid dienone is 8. The Morgan fingerprint density at radius 3 is 1.47 bits per heavy atom. The molecular formula is C46H50N3O3S+. The summed E-state index contributed by atoms with van der Waals surface area (Å²) in [5, 5.41) is 0. The first-order chi connectivity index (χ1) is 25.0. The Morgan fingerprint density at radius 1 is 0.604 bits per heavy atom. The Morgan fingerprint density at radius 2 is 1.02 bits per heavy atom. The van der Waals surface area contributed by atoms with Gasteiger partial charge in [-0.25, -0.2) is 0 Å². The molecule has 1 saturated carbocycles. The zero-order valence-corrected chi connectivity index (χ0v) is 33.1. The number of rotatable bonds is 5. The highest BCUT2D eigenvalue weighted by atomic mass is 32.2. The van der Waals surface area contributed by atoms with Crippen LogP contribution in [-0.2, 0) is 20.9 Å². The lowest BCUT2D eigenvalue weighted by Crippen LogP contribution is -2.23. The number of nitrogens with zero attached hydrogens (tertiary/aromatic N) is 3. The molecule has 7 rings (SSSR count). The second kappa shape index (κ2) is 13.2. The van der Waals surface area contributed by atoms with Crippen molar-refractivity contribution >= 4 is 38.6 Å². The number of anilines is 2. The molecular weight excluding hydrogens is 675 g/mol. The molecule has 0 saturated heterocycles. The van der Waals surface area contributed by atoms with Gasteiger partial charge in [-0.3, -0.25) is 4.55 Å². The third kappa shape index (κ3) is 6.40. The van der Waals surface area contributed by atoms with Crippen molar-refractivity contribution in [1.82, 2.24) is 4.58 Å². The number of benzene rings is 4. The van der Waals surface area contributed by atoms with Gasteiger partial charge in [0.25, 0.3) is 10.1 Å². The van der Waals surface area contributed by atoms with Crippen molar-refractivity contribution < 1.29 is 13.0 Å². The van der Waals surface area contributed by atoms with Gasteiger partial charge in [0.15, 0.2) is 0 Å². The lowest BCUT2D eigenvalue weighted by molar-refractivity contribution is 0.483. The molecule has 0 unspecified atom stereocenters. The van der Waals surface area contributed by atoms with Gasteiger partial charge in [0.05, 0.1) is 4.90 Å². The molecule has 0 bridgehead atoms. The fourth-order valence-corrected chi connectivity index (χ4v) is 8.91. The van der Waals surface area contributed by atoms with Gasteiger partial charge in [-0.05, 0) is 81.2 Å². The summed E-state index contributed by atoms with van der Waals surface area (Å²) in [6, 6.07) is 29.1. The van der Waals surface area contributed by atoms with Crippen LogP contribution in [0.3, 0.4) is 0 Å². The van der Waals surface area contributed by atoms with Gasteiger partial charge < -0.3 is 9.80 Å². The number of hydrogen-bond acceptors (Lipinski definition) is 4. The minimum absolute atomic E-state index is 0.0891. The first-order valence-corrected chi connectivity index (χ1v) is 19.8. The first kappa shape index (κ1) is 36.4. The van der Waals surface area contributed by atoms with E-state index < -0.39 is 15.5 Å². The quantitative estimate of drug-likeness (QED) is 0.164. The number of fused-ring (bicyclic) bond motifs is 2. The van der Waals surface area contributed by atoms with E-state index in [2.05, 4.69) is 161 Å². The molecule has 0 radical (unpaired) electrons. The predicted octanol–water partition coefficient (Wildman–Crippen LogP) is 10.4. The zero-order chi connectivity index (χ0) is 38.0. The third-order valence-electron chi connectivity index (χ3n) is 11.5. The van der Waals surface area contributed by atoms with Gasteiger partial charge in [0.1, 0.15) is 0 Å². The summed E-state index contributed by atoms with van der Waals surface area (Å²) in [6.07, 6.45) is 10.9. The van der Waals surface area contributed by atoms with Crippen LogP contribution >= 0.6 is 0 Å². The standard InChI is InChI=1S/C46H49N3O3S/c1-30-10-19-35(20-11-30)49(36-21-12-31(2)13-22-36)44-33(17-26-42-45(4,5)38-28-32(3)14-24-40(38)47(42)8)15-16-34(44)18-27-43-46(6,7)39-29-37(53(50,51)52)23-25-41(39)48(43)9/h10-14,17-29H,15-16H2,1-9H3/p+1. The van der Waals surface area contributed by atoms with E-state index in [1.54, 1.807) is 12.1 Å². The zero-order valence-electron chi connectivity index (χ0n) is 32.3. The summed E-state index contributed by atoms with van der Waals surface area (Å²) in [5.41, 5.74) is 15.6. The molecule has 1 fully saturated rings. The molecule has 0 spiro atoms. The van der Waals surface area contributed by atoms with E-state index in [-0.39, 0.29) is 10.3 Å². The number of likely N-dealkylation sites (N-methyl/N-ethyl adjacent to an activating group) is 2. The topological polar surface area (TPSA) is 63.9 Å². The Bertz CT molecular complexity index is 2360. The maximum Gasteiger partial charge on any atom is 0.294 e. The highest BCUT2D eigenvalue weighted by Crippen LogP contribution is 2.49. The molecule has 2 heterocycles. The highest BCUT2D eigenvalue weighted by Gasteiger charge is 2.41. The van der Waals surface area contributed by atoms with Gasteiger partial charge in [0, 0.05) is 83.1 Å². The molecule has 2 aliphatic heterocycles. The van der Waals surface area contributed by atoms with Crippen molar-refractivity contribution in [1.29, 1.82) is 0 Å². The van der Waals surface area contributed by atoms with E-state index in [4.69, 9.17) is 0 Å². The smallest absolute Gasteiger partial charge is 0.294 e. The average Bonchev–Trinajstić information content (AvgIpc) is 3.65. The van der Waals surface area contributed by atoms with Crippen molar-refractivity contribution in [3.8, 4) is 0 Å². The van der Waals surface area contributed by atoms with Crippen LogP contribution in [0.2, 0.25) is 0 Å². The molecule has 0 amide bonds. The van der Waals surface area contributed by atoms with Crippen LogP contribution in [0.4, 0.5) is 22.7 Å². The van der Waals surface area contributed by atoms with E-state index in [9.17, 15) is 13.0 Å². The molecule has 4 aromatic carbocycles. The molecule has 0 atom stereocenters. The Hall–Kier alpha value is -4.98. The minimum atomic E-state index is -4.33. The Kier molecular flexibility index (Phi) is 9.03. The SMILES string of the molecule is Cc1ccc([N+](=C2C(=CC=C3N(C)c4ccc(C)cc4C3(C)C)CCC2=C/C=C2\N(C)c3ccc(S(=O)(=O)O)cc3C2(C)C)c2ccc(C)cc2)cc1. The van der Waals surface area contributed by atoms with E-state index in [1.165, 1.54) is 56.6 Å². The third-order valence-corrected chi connectivity index (χ3v) is 12.3. The van der Waals surface area contributed by atoms with Crippen LogP contribution in [0.5, 0.6) is 0 Å². The molecule has 0 aromatic heterocycles. The second-order valence-corrected chi connectivity index (χ2v) is 17.3. The number of aryl methyl sites for hydroxylation is 3. The van der Waals surface area contributed by atoms with E-state index in [0.717, 1.165) is 41.2 Å². The summed E-state index contributed by atoms with van der Waals surface area (Å²) in [5.74, 6) is 0. The maximum atomic E-state index is 12.1. The van der Waals surface area contributed by atoms with Crippen molar-refractivity contribution in [2.75, 3.05) is 23.9 Å². The van der Waals surface area contributed by atoms with Gasteiger partial charge in [0.2, 0.25) is 17.1 Å². The van der Waals surface area contributed by atoms with Crippen LogP contribution in [-0.4, -0.2) is 32.8 Å². The van der Waals surface area contributed by atoms with Crippen LogP contribution in [0, 0.1) is 20.8 Å². The maximum absolute atomic E-state index is 12.1. The van der Waals surface area contributed by atoms with E-state index >= 15 is 0 Å². The van der Waals surface area contributed by atoms with Gasteiger partial charge >= 0.3 is 0 Å². The molecule has 53 heavy (non-hydrogen) atoms. The van der Waals surface area contributed by atoms with Crippen LogP contribution in [0.1, 0.15) is 68.4 Å². The fraction of sp³-hybridized carbons (Fsp3) is 0.283. The molecule has 3 aliphatic rings. The van der Waals surface area contributed by atoms with Crippen LogP contribution in [0.25, 0.3) is 0 Å². The average molecular weight is 725 g/mol. The second-order valence-electron chi connectivity index (χ2n) is 15.9. The highest BCUT2D eigenvalue weighted by molar-refractivity contribution is 7.85. The van der Waals surface area contributed by atoms with Crippen molar-refractivity contribution in [3.63, 3.8) is 0 Å². The molecule has 272 valence electrons. The van der Waals surface area contributed by atoms with Crippen molar-refractivity contribution in [2.24, 2.45) is 0 Å². The lowest BCUT2D eigenvalue weighted by Gasteiger charge is -2.24. The molecule has 1 aliphatic carbocycles. The summed E-state index contributed by atoms with van der Waals surface area (Å²) in [4.78, 5) is 4.38. The fourth-order valence-electron chi connectivity index (χ4n) is 8.40. The molecule has 7 heteroatoms. The lowest BCUT2D eigenvalue weighted by atomic mass is 9.83. The van der Waals surface area contributed by atoms with Crippen LogP contribution < -0.4 is 14.4 Å². The van der Waals surface area contributed by atoms with Gasteiger partial charge in [-0.1, -0.05) is 92.9 Å². The predicted molar refractivity (Wildman–Crippen MR) is 221 cm³/mol. The van der Waals surface area contributed by atoms with Gasteiger partial charge in [-0.2, -0.15) is 13.0 Å². The summed E-state index contributed by atoms with van der Waals surface area (Å²) >= 11 is 0. The van der Waals surface area contributed by atoms with Crippen molar-refractivity contribution in [3.05, 3.63) is 160 Å². The summed E-state index contributed by atoms with van der Waals surface area (Å²) in [6.45, 7) is 15.2. The molecule has 6 nitrogen and oxygen atoms in total. The first-order valence-electron chi connectivity index (χ1n) is 18.3. The van der Waals surface area contributed by atoms with Crippen LogP contribution in [0.15, 0.2) is 137 Å². The van der Waals surface area contributed by atoms with E-state index in [1.807, 2.05) is 7.05 Å². The normalized spacial score (nSPS) is 20.6. The molecule has 4 aromatic rings. The van der Waals surface area contributed by atoms with Gasteiger partial charge in [-0.15, -0.1) is 0 Å². The van der Waals surface area contributed by atoms with Crippen molar-refractivity contribution in [2.45, 2.75) is 77.0 Å². The number of hydrogen-bond donors (Lipinski definition) is 1. The molecule has 1 N–H and O–H groups in total. The monoisotopic (exact) mass is 724 g/mol. The Balaban J connectivity index is 1.42. The Labute approximate surface area is 315 Å². The summed E-state index contributed by atoms with van der Waals surface area (Å²) < 4.78 is 36.4.